The molecule has 1 aliphatic heterocycles. The maximum absolute atomic E-state index is 12.2. The fourth-order valence-corrected chi connectivity index (χ4v) is 3.34. The van der Waals surface area contributed by atoms with E-state index in [2.05, 4.69) is 39.5 Å². The van der Waals surface area contributed by atoms with E-state index in [1.807, 2.05) is 42.6 Å². The lowest BCUT2D eigenvalue weighted by Crippen LogP contribution is -2.16. The Bertz CT molecular complexity index is 937. The van der Waals surface area contributed by atoms with Crippen LogP contribution in [0.1, 0.15) is 11.1 Å². The van der Waals surface area contributed by atoms with Gasteiger partial charge in [0.2, 0.25) is 5.91 Å². The number of nitrogens with one attached hydrogen (secondary N) is 1. The molecule has 1 aliphatic rings. The minimum absolute atomic E-state index is 0.0908. The smallest absolute Gasteiger partial charge is 0.229 e. The molecule has 4 rings (SSSR count). The van der Waals surface area contributed by atoms with Gasteiger partial charge in [-0.3, -0.25) is 4.79 Å². The number of aromatic nitrogens is 1. The zero-order chi connectivity index (χ0) is 18.6. The van der Waals surface area contributed by atoms with Crippen LogP contribution in [0.25, 0.3) is 0 Å². The van der Waals surface area contributed by atoms with Crippen LogP contribution in [0, 0.1) is 0 Å². The predicted octanol–water partition coefficient (Wildman–Crippen LogP) is 3.97. The normalized spacial score (nSPS) is 12.6. The van der Waals surface area contributed by atoms with E-state index in [9.17, 15) is 4.79 Å². The molecule has 0 atom stereocenters. The Balaban J connectivity index is 1.40. The number of anilines is 3. The number of benzene rings is 2. The van der Waals surface area contributed by atoms with Gasteiger partial charge in [0, 0.05) is 12.2 Å². The molecule has 0 unspecified atom stereocenters. The van der Waals surface area contributed by atoms with E-state index < -0.39 is 0 Å². The number of pyridine rings is 1. The molecule has 0 spiro atoms. The molecule has 1 aromatic heterocycles. The first-order valence-corrected chi connectivity index (χ1v) is 8.97. The SMILES string of the molecule is COc1ccc(CC(=O)Nc2ccc(N3CCc4ccccc43)cn2)cc1. The van der Waals surface area contributed by atoms with Gasteiger partial charge in [-0.05, 0) is 47.9 Å². The van der Waals surface area contributed by atoms with Crippen molar-refractivity contribution in [2.24, 2.45) is 0 Å². The van der Waals surface area contributed by atoms with Crippen molar-refractivity contribution < 1.29 is 9.53 Å². The minimum atomic E-state index is -0.0908. The van der Waals surface area contributed by atoms with Gasteiger partial charge in [-0.1, -0.05) is 30.3 Å². The Hall–Kier alpha value is -3.34. The molecule has 3 aromatic rings. The van der Waals surface area contributed by atoms with Gasteiger partial charge in [0.05, 0.1) is 25.4 Å². The summed E-state index contributed by atoms with van der Waals surface area (Å²) in [5.74, 6) is 1.25. The van der Waals surface area contributed by atoms with Crippen LogP contribution in [-0.4, -0.2) is 24.5 Å². The van der Waals surface area contributed by atoms with Crippen LogP contribution in [0.5, 0.6) is 5.75 Å². The van der Waals surface area contributed by atoms with Gasteiger partial charge < -0.3 is 15.0 Å². The van der Waals surface area contributed by atoms with Gasteiger partial charge in [-0.25, -0.2) is 4.98 Å². The molecule has 0 saturated heterocycles. The Morgan fingerprint density at radius 2 is 1.93 bits per heavy atom. The van der Waals surface area contributed by atoms with Gasteiger partial charge in [-0.15, -0.1) is 0 Å². The number of rotatable bonds is 5. The van der Waals surface area contributed by atoms with Crippen molar-refractivity contribution >= 4 is 23.1 Å². The molecule has 0 saturated carbocycles. The molecule has 0 aliphatic carbocycles. The molecule has 1 N–H and O–H groups in total. The lowest BCUT2D eigenvalue weighted by molar-refractivity contribution is -0.115. The van der Waals surface area contributed by atoms with Gasteiger partial charge >= 0.3 is 0 Å². The number of fused-ring (bicyclic) bond motifs is 1. The standard InChI is InChI=1S/C22H21N3O2/c1-27-19-9-6-16(7-10-19)14-22(26)24-21-11-8-18(15-23-21)25-13-12-17-4-2-3-5-20(17)25/h2-11,15H,12-14H2,1H3,(H,23,24,26). The second-order valence-electron chi connectivity index (χ2n) is 6.51. The second kappa shape index (κ2) is 7.50. The van der Waals surface area contributed by atoms with Gasteiger partial charge in [-0.2, -0.15) is 0 Å². The zero-order valence-corrected chi connectivity index (χ0v) is 15.2. The maximum atomic E-state index is 12.2. The summed E-state index contributed by atoms with van der Waals surface area (Å²) in [5, 5.41) is 2.86. The molecule has 0 radical (unpaired) electrons. The number of nitrogens with zero attached hydrogens (tertiary/aromatic N) is 2. The van der Waals surface area contributed by atoms with Crippen molar-refractivity contribution in [1.82, 2.24) is 4.98 Å². The summed E-state index contributed by atoms with van der Waals surface area (Å²) in [4.78, 5) is 18.9. The van der Waals surface area contributed by atoms with E-state index in [4.69, 9.17) is 4.74 Å². The van der Waals surface area contributed by atoms with Crippen molar-refractivity contribution in [2.45, 2.75) is 12.8 Å². The zero-order valence-electron chi connectivity index (χ0n) is 15.2. The van der Waals surface area contributed by atoms with E-state index in [0.29, 0.717) is 12.2 Å². The fourth-order valence-electron chi connectivity index (χ4n) is 3.34. The Morgan fingerprint density at radius 3 is 2.67 bits per heavy atom. The van der Waals surface area contributed by atoms with Crippen LogP contribution in [0.4, 0.5) is 17.2 Å². The van der Waals surface area contributed by atoms with Crippen LogP contribution in [0.15, 0.2) is 66.9 Å². The number of amides is 1. The number of hydrogen-bond acceptors (Lipinski definition) is 4. The molecule has 1 amide bonds. The summed E-state index contributed by atoms with van der Waals surface area (Å²) in [5.41, 5.74) is 4.55. The molecular weight excluding hydrogens is 338 g/mol. The predicted molar refractivity (Wildman–Crippen MR) is 107 cm³/mol. The summed E-state index contributed by atoms with van der Waals surface area (Å²) in [6.07, 6.45) is 3.15. The summed E-state index contributed by atoms with van der Waals surface area (Å²) < 4.78 is 5.13. The highest BCUT2D eigenvalue weighted by Crippen LogP contribution is 2.33. The van der Waals surface area contributed by atoms with Gasteiger partial charge in [0.15, 0.2) is 0 Å². The highest BCUT2D eigenvalue weighted by molar-refractivity contribution is 5.91. The first-order valence-electron chi connectivity index (χ1n) is 8.97. The molecule has 0 fully saturated rings. The lowest BCUT2D eigenvalue weighted by Gasteiger charge is -2.19. The number of methoxy groups -OCH3 is 1. The molecule has 2 aromatic carbocycles. The van der Waals surface area contributed by atoms with E-state index in [1.165, 1.54) is 11.3 Å². The number of carbonyl (C=O) groups is 1. The summed E-state index contributed by atoms with van der Waals surface area (Å²) in [6.45, 7) is 0.949. The van der Waals surface area contributed by atoms with Gasteiger partial charge in [0.1, 0.15) is 11.6 Å². The average molecular weight is 359 g/mol. The monoisotopic (exact) mass is 359 g/mol. The third-order valence-electron chi connectivity index (χ3n) is 4.74. The van der Waals surface area contributed by atoms with Crippen molar-refractivity contribution in [2.75, 3.05) is 23.9 Å². The topological polar surface area (TPSA) is 54.5 Å². The molecular formula is C22H21N3O2. The lowest BCUT2D eigenvalue weighted by atomic mass is 10.1. The Morgan fingerprint density at radius 1 is 1.11 bits per heavy atom. The van der Waals surface area contributed by atoms with Crippen molar-refractivity contribution in [3.05, 3.63) is 78.0 Å². The molecule has 136 valence electrons. The number of hydrogen-bond donors (Lipinski definition) is 1. The molecule has 5 nitrogen and oxygen atoms in total. The quantitative estimate of drug-likeness (QED) is 0.749. The number of para-hydroxylation sites is 1. The summed E-state index contributed by atoms with van der Waals surface area (Å²) >= 11 is 0. The van der Waals surface area contributed by atoms with E-state index in [-0.39, 0.29) is 5.91 Å². The second-order valence-corrected chi connectivity index (χ2v) is 6.51. The van der Waals surface area contributed by atoms with E-state index >= 15 is 0 Å². The fraction of sp³-hybridized carbons (Fsp3) is 0.182. The summed E-state index contributed by atoms with van der Waals surface area (Å²) in [6, 6.07) is 19.7. The minimum Gasteiger partial charge on any atom is -0.497 e. The highest BCUT2D eigenvalue weighted by atomic mass is 16.5. The van der Waals surface area contributed by atoms with Crippen molar-refractivity contribution in [3.8, 4) is 5.75 Å². The highest BCUT2D eigenvalue weighted by Gasteiger charge is 2.19. The maximum Gasteiger partial charge on any atom is 0.229 e. The molecule has 2 heterocycles. The first kappa shape index (κ1) is 17.1. The third kappa shape index (κ3) is 3.77. The summed E-state index contributed by atoms with van der Waals surface area (Å²) in [7, 11) is 1.62. The number of ether oxygens (including phenoxy) is 1. The molecule has 5 heteroatoms. The van der Waals surface area contributed by atoms with Crippen LogP contribution in [0.2, 0.25) is 0 Å². The van der Waals surface area contributed by atoms with Crippen molar-refractivity contribution in [3.63, 3.8) is 0 Å². The van der Waals surface area contributed by atoms with Crippen LogP contribution >= 0.6 is 0 Å². The van der Waals surface area contributed by atoms with Crippen LogP contribution in [-0.2, 0) is 17.6 Å². The van der Waals surface area contributed by atoms with Gasteiger partial charge in [0.25, 0.3) is 0 Å². The molecule has 27 heavy (non-hydrogen) atoms. The average Bonchev–Trinajstić information content (AvgIpc) is 3.13. The number of carbonyl (C=O) groups excluding carboxylic acids is 1. The van der Waals surface area contributed by atoms with E-state index in [1.54, 1.807) is 7.11 Å². The van der Waals surface area contributed by atoms with Crippen LogP contribution < -0.4 is 15.0 Å². The van der Waals surface area contributed by atoms with E-state index in [0.717, 1.165) is 30.0 Å². The van der Waals surface area contributed by atoms with Crippen molar-refractivity contribution in [1.29, 1.82) is 0 Å². The van der Waals surface area contributed by atoms with Crippen LogP contribution in [0.3, 0.4) is 0 Å². The Labute approximate surface area is 158 Å². The molecule has 0 bridgehead atoms. The Kier molecular flexibility index (Phi) is 4.75. The third-order valence-corrected chi connectivity index (χ3v) is 4.74. The first-order chi connectivity index (χ1) is 13.2. The largest absolute Gasteiger partial charge is 0.497 e.